The van der Waals surface area contributed by atoms with Crippen LogP contribution < -0.4 is 10.6 Å². The van der Waals surface area contributed by atoms with Crippen LogP contribution in [0, 0.1) is 5.92 Å². The average Bonchev–Trinajstić information content (AvgIpc) is 3.15. The molecule has 0 spiro atoms. The molecular weight excluding hydrogens is 252 g/mol. The Morgan fingerprint density at radius 2 is 2.32 bits per heavy atom. The Balaban J connectivity index is 1.63. The van der Waals surface area contributed by atoms with E-state index in [-0.39, 0.29) is 0 Å². The molecule has 1 aliphatic carbocycles. The second kappa shape index (κ2) is 6.38. The van der Waals surface area contributed by atoms with Crippen molar-refractivity contribution in [1.82, 2.24) is 10.6 Å². The van der Waals surface area contributed by atoms with E-state index in [2.05, 4.69) is 35.1 Å². The van der Waals surface area contributed by atoms with Gasteiger partial charge in [-0.25, -0.2) is 0 Å². The highest BCUT2D eigenvalue weighted by Gasteiger charge is 2.35. The van der Waals surface area contributed by atoms with Crippen LogP contribution in [0.2, 0.25) is 0 Å². The molecule has 2 heterocycles. The summed E-state index contributed by atoms with van der Waals surface area (Å²) in [7, 11) is 0. The summed E-state index contributed by atoms with van der Waals surface area (Å²) in [4.78, 5) is 1.51. The predicted octanol–water partition coefficient (Wildman–Crippen LogP) is 3.71. The summed E-state index contributed by atoms with van der Waals surface area (Å²) in [5.41, 5.74) is 0. The first-order chi connectivity index (χ1) is 9.38. The normalized spacial score (nSPS) is 32.8. The van der Waals surface area contributed by atoms with E-state index in [1.807, 2.05) is 11.3 Å². The molecule has 2 N–H and O–H groups in total. The molecule has 106 valence electrons. The first-order valence-corrected chi connectivity index (χ1v) is 8.79. The molecule has 0 radical (unpaired) electrons. The molecule has 0 amide bonds. The van der Waals surface area contributed by atoms with Gasteiger partial charge in [0.2, 0.25) is 0 Å². The maximum absolute atomic E-state index is 3.97. The smallest absolute Gasteiger partial charge is 0.0414 e. The second-order valence-corrected chi connectivity index (χ2v) is 7.03. The lowest BCUT2D eigenvalue weighted by Crippen LogP contribution is -2.43. The zero-order chi connectivity index (χ0) is 13.1. The minimum Gasteiger partial charge on any atom is -0.314 e. The fourth-order valence-electron chi connectivity index (χ4n) is 3.90. The van der Waals surface area contributed by atoms with E-state index in [0.29, 0.717) is 6.04 Å². The monoisotopic (exact) mass is 278 g/mol. The van der Waals surface area contributed by atoms with Crippen LogP contribution in [0.1, 0.15) is 56.4 Å². The molecule has 2 nitrogen and oxygen atoms in total. The minimum absolute atomic E-state index is 0.562. The highest BCUT2D eigenvalue weighted by molar-refractivity contribution is 7.10. The summed E-state index contributed by atoms with van der Waals surface area (Å²) in [6.45, 7) is 3.53. The maximum atomic E-state index is 3.97. The molecule has 3 rings (SSSR count). The fourth-order valence-corrected chi connectivity index (χ4v) is 4.77. The molecule has 4 atom stereocenters. The van der Waals surface area contributed by atoms with Gasteiger partial charge in [0.05, 0.1) is 0 Å². The largest absolute Gasteiger partial charge is 0.314 e. The lowest BCUT2D eigenvalue weighted by atomic mass is 9.92. The summed E-state index contributed by atoms with van der Waals surface area (Å²) >= 11 is 1.89. The summed E-state index contributed by atoms with van der Waals surface area (Å²) in [5, 5.41) is 9.88. The van der Waals surface area contributed by atoms with Gasteiger partial charge in [0, 0.05) is 23.0 Å². The van der Waals surface area contributed by atoms with Gasteiger partial charge in [-0.15, -0.1) is 11.3 Å². The van der Waals surface area contributed by atoms with Crippen molar-refractivity contribution in [1.29, 1.82) is 0 Å². The molecule has 3 heteroatoms. The maximum Gasteiger partial charge on any atom is 0.0414 e. The minimum atomic E-state index is 0.562. The summed E-state index contributed by atoms with van der Waals surface area (Å²) in [6.07, 6.45) is 8.14. The van der Waals surface area contributed by atoms with Crippen LogP contribution in [0.5, 0.6) is 0 Å². The van der Waals surface area contributed by atoms with Crippen molar-refractivity contribution in [3.63, 3.8) is 0 Å². The summed E-state index contributed by atoms with van der Waals surface area (Å²) < 4.78 is 0. The SMILES string of the molecule is CCC(NC1CCCC1C1CCCN1)c1cccs1. The second-order valence-electron chi connectivity index (χ2n) is 6.05. The Bertz CT molecular complexity index is 370. The van der Waals surface area contributed by atoms with Crippen LogP contribution in [0.15, 0.2) is 17.5 Å². The molecule has 1 aliphatic heterocycles. The highest BCUT2D eigenvalue weighted by atomic mass is 32.1. The van der Waals surface area contributed by atoms with Crippen LogP contribution in [0.25, 0.3) is 0 Å². The Morgan fingerprint density at radius 3 is 3.00 bits per heavy atom. The summed E-state index contributed by atoms with van der Waals surface area (Å²) in [6, 6.07) is 6.52. The van der Waals surface area contributed by atoms with Crippen molar-refractivity contribution in [2.75, 3.05) is 6.54 Å². The van der Waals surface area contributed by atoms with Gasteiger partial charge in [-0.05, 0) is 56.0 Å². The highest BCUT2D eigenvalue weighted by Crippen LogP contribution is 2.34. The van der Waals surface area contributed by atoms with Crippen molar-refractivity contribution < 1.29 is 0 Å². The van der Waals surface area contributed by atoms with Crippen molar-refractivity contribution in [2.45, 2.75) is 63.6 Å². The first-order valence-electron chi connectivity index (χ1n) is 7.91. The Hall–Kier alpha value is -0.380. The molecule has 1 saturated heterocycles. The molecule has 1 aromatic heterocycles. The van der Waals surface area contributed by atoms with Crippen LogP contribution in [-0.4, -0.2) is 18.6 Å². The molecule has 2 fully saturated rings. The summed E-state index contributed by atoms with van der Waals surface area (Å²) in [5.74, 6) is 0.858. The third-order valence-electron chi connectivity index (χ3n) is 4.89. The lowest BCUT2D eigenvalue weighted by Gasteiger charge is -2.30. The lowest BCUT2D eigenvalue weighted by molar-refractivity contribution is 0.297. The zero-order valence-corrected chi connectivity index (χ0v) is 12.7. The topological polar surface area (TPSA) is 24.1 Å². The Morgan fingerprint density at radius 1 is 1.37 bits per heavy atom. The molecule has 0 aromatic carbocycles. The van der Waals surface area contributed by atoms with E-state index in [0.717, 1.165) is 18.0 Å². The van der Waals surface area contributed by atoms with Gasteiger partial charge in [0.25, 0.3) is 0 Å². The standard InChI is InChI=1S/C16H26N2S/c1-2-13(16-9-5-11-19-16)18-15-7-3-6-12(15)14-8-4-10-17-14/h5,9,11-15,17-18H,2-4,6-8,10H2,1H3. The Labute approximate surface area is 121 Å². The van der Waals surface area contributed by atoms with Gasteiger partial charge in [0.15, 0.2) is 0 Å². The zero-order valence-electron chi connectivity index (χ0n) is 11.9. The van der Waals surface area contributed by atoms with Gasteiger partial charge < -0.3 is 10.6 Å². The van der Waals surface area contributed by atoms with E-state index in [4.69, 9.17) is 0 Å². The van der Waals surface area contributed by atoms with E-state index in [1.165, 1.54) is 49.9 Å². The third-order valence-corrected chi connectivity index (χ3v) is 5.88. The van der Waals surface area contributed by atoms with Crippen molar-refractivity contribution >= 4 is 11.3 Å². The molecular formula is C16H26N2S. The molecule has 4 unspecified atom stereocenters. The van der Waals surface area contributed by atoms with Gasteiger partial charge in [0.1, 0.15) is 0 Å². The van der Waals surface area contributed by atoms with Gasteiger partial charge in [-0.3, -0.25) is 0 Å². The molecule has 0 bridgehead atoms. The van der Waals surface area contributed by atoms with Crippen molar-refractivity contribution in [3.05, 3.63) is 22.4 Å². The van der Waals surface area contributed by atoms with Crippen LogP contribution in [0.3, 0.4) is 0 Å². The van der Waals surface area contributed by atoms with E-state index >= 15 is 0 Å². The first kappa shape index (κ1) is 13.6. The average molecular weight is 278 g/mol. The number of nitrogens with one attached hydrogen (secondary N) is 2. The number of rotatable bonds is 5. The molecule has 1 aromatic rings. The van der Waals surface area contributed by atoms with Crippen molar-refractivity contribution in [3.8, 4) is 0 Å². The number of hydrogen-bond donors (Lipinski definition) is 2. The van der Waals surface area contributed by atoms with Crippen LogP contribution in [-0.2, 0) is 0 Å². The fraction of sp³-hybridized carbons (Fsp3) is 0.750. The number of hydrogen-bond acceptors (Lipinski definition) is 3. The molecule has 1 saturated carbocycles. The van der Waals surface area contributed by atoms with Gasteiger partial charge >= 0.3 is 0 Å². The van der Waals surface area contributed by atoms with E-state index in [9.17, 15) is 0 Å². The van der Waals surface area contributed by atoms with Crippen molar-refractivity contribution in [2.24, 2.45) is 5.92 Å². The molecule has 19 heavy (non-hydrogen) atoms. The van der Waals surface area contributed by atoms with Crippen LogP contribution >= 0.6 is 11.3 Å². The van der Waals surface area contributed by atoms with E-state index < -0.39 is 0 Å². The van der Waals surface area contributed by atoms with E-state index in [1.54, 1.807) is 0 Å². The Kier molecular flexibility index (Phi) is 4.57. The molecule has 2 aliphatic rings. The van der Waals surface area contributed by atoms with Crippen LogP contribution in [0.4, 0.5) is 0 Å². The van der Waals surface area contributed by atoms with Gasteiger partial charge in [-0.1, -0.05) is 19.4 Å². The predicted molar refractivity (Wildman–Crippen MR) is 82.6 cm³/mol. The number of thiophene rings is 1. The van der Waals surface area contributed by atoms with Gasteiger partial charge in [-0.2, -0.15) is 0 Å². The third kappa shape index (κ3) is 3.04. The quantitative estimate of drug-likeness (QED) is 0.858.